The van der Waals surface area contributed by atoms with Gasteiger partial charge in [0.2, 0.25) is 5.91 Å². The fourth-order valence-electron chi connectivity index (χ4n) is 1.79. The summed E-state index contributed by atoms with van der Waals surface area (Å²) in [6, 6.07) is 7.20. The van der Waals surface area contributed by atoms with E-state index in [4.69, 9.17) is 0 Å². The molecule has 5 nitrogen and oxygen atoms in total. The number of nitrogens with zero attached hydrogens (tertiary/aromatic N) is 1. The highest BCUT2D eigenvalue weighted by molar-refractivity contribution is 7.07. The quantitative estimate of drug-likeness (QED) is 0.854. The van der Waals surface area contributed by atoms with Crippen LogP contribution in [0.4, 0.5) is 0 Å². The average molecular weight is 303 g/mol. The van der Waals surface area contributed by atoms with Crippen LogP contribution in [0.5, 0.6) is 0 Å². The zero-order valence-corrected chi connectivity index (χ0v) is 12.6. The van der Waals surface area contributed by atoms with Crippen LogP contribution >= 0.6 is 11.3 Å². The predicted molar refractivity (Wildman–Crippen MR) is 82.1 cm³/mol. The second kappa shape index (κ2) is 7.54. The Morgan fingerprint density at radius 3 is 2.57 bits per heavy atom. The Hall–Kier alpha value is -2.21. The summed E-state index contributed by atoms with van der Waals surface area (Å²) in [5.41, 5.74) is 4.07. The number of carbonyl (C=O) groups is 2. The van der Waals surface area contributed by atoms with Crippen LogP contribution in [0.25, 0.3) is 0 Å². The lowest BCUT2D eigenvalue weighted by molar-refractivity contribution is -0.120. The van der Waals surface area contributed by atoms with Crippen molar-refractivity contribution >= 4 is 23.2 Å². The number of hydrogen-bond donors (Lipinski definition) is 2. The molecule has 0 aliphatic carbocycles. The van der Waals surface area contributed by atoms with Crippen molar-refractivity contribution in [3.8, 4) is 0 Å². The van der Waals surface area contributed by atoms with Gasteiger partial charge in [-0.05, 0) is 24.6 Å². The Morgan fingerprint density at radius 2 is 1.95 bits per heavy atom. The number of nitrogens with one attached hydrogen (secondary N) is 2. The number of hydrogen-bond acceptors (Lipinski definition) is 4. The van der Waals surface area contributed by atoms with E-state index in [2.05, 4.69) is 15.6 Å². The summed E-state index contributed by atoms with van der Waals surface area (Å²) < 4.78 is 0. The van der Waals surface area contributed by atoms with Crippen LogP contribution in [0, 0.1) is 0 Å². The molecule has 0 saturated carbocycles. The Kier molecular flexibility index (Phi) is 5.45. The minimum Gasteiger partial charge on any atom is -0.352 e. The fraction of sp³-hybridized carbons (Fsp3) is 0.267. The Labute approximate surface area is 127 Å². The lowest BCUT2D eigenvalue weighted by atomic mass is 10.1. The molecule has 1 aromatic carbocycles. The summed E-state index contributed by atoms with van der Waals surface area (Å²) in [6.45, 7) is 2.93. The first-order valence-electron chi connectivity index (χ1n) is 6.70. The van der Waals surface area contributed by atoms with Crippen molar-refractivity contribution in [1.29, 1.82) is 0 Å². The molecular formula is C15H17N3O2S. The van der Waals surface area contributed by atoms with Gasteiger partial charge in [0.15, 0.2) is 0 Å². The van der Waals surface area contributed by atoms with Crippen LogP contribution in [0.15, 0.2) is 35.2 Å². The molecule has 0 fully saturated rings. The molecule has 1 heterocycles. The summed E-state index contributed by atoms with van der Waals surface area (Å²) >= 11 is 1.48. The Balaban J connectivity index is 1.83. The number of carbonyl (C=O) groups excluding carboxylic acids is 2. The number of aromatic nitrogens is 1. The van der Waals surface area contributed by atoms with E-state index in [0.717, 1.165) is 11.3 Å². The van der Waals surface area contributed by atoms with Gasteiger partial charge in [-0.25, -0.2) is 4.98 Å². The predicted octanol–water partition coefficient (Wildman–Crippen LogP) is 1.75. The SMILES string of the molecule is CCNC(=O)c1ccc(CNC(=O)Cc2cscn2)cc1. The summed E-state index contributed by atoms with van der Waals surface area (Å²) in [6.07, 6.45) is 0.292. The van der Waals surface area contributed by atoms with Crippen molar-refractivity contribution in [3.05, 3.63) is 52.0 Å². The number of rotatable bonds is 6. The van der Waals surface area contributed by atoms with Crippen LogP contribution in [-0.4, -0.2) is 23.3 Å². The molecule has 2 N–H and O–H groups in total. The smallest absolute Gasteiger partial charge is 0.251 e. The van der Waals surface area contributed by atoms with Gasteiger partial charge in [-0.15, -0.1) is 11.3 Å². The zero-order valence-electron chi connectivity index (χ0n) is 11.8. The van der Waals surface area contributed by atoms with Crippen LogP contribution in [-0.2, 0) is 17.8 Å². The second-order valence-corrected chi connectivity index (χ2v) is 5.21. The van der Waals surface area contributed by atoms with Crippen molar-refractivity contribution in [1.82, 2.24) is 15.6 Å². The molecule has 6 heteroatoms. The van der Waals surface area contributed by atoms with Gasteiger partial charge >= 0.3 is 0 Å². The van der Waals surface area contributed by atoms with Gasteiger partial charge in [-0.1, -0.05) is 12.1 Å². The molecule has 0 spiro atoms. The molecular weight excluding hydrogens is 286 g/mol. The first kappa shape index (κ1) is 15.2. The first-order valence-corrected chi connectivity index (χ1v) is 7.64. The maximum absolute atomic E-state index is 11.7. The van der Waals surface area contributed by atoms with Crippen LogP contribution in [0.3, 0.4) is 0 Å². The van der Waals surface area contributed by atoms with E-state index in [9.17, 15) is 9.59 Å². The van der Waals surface area contributed by atoms with Gasteiger partial charge in [0.25, 0.3) is 5.91 Å². The van der Waals surface area contributed by atoms with E-state index in [1.54, 1.807) is 17.6 Å². The normalized spacial score (nSPS) is 10.1. The van der Waals surface area contributed by atoms with E-state index >= 15 is 0 Å². The molecule has 0 aliphatic heterocycles. The highest BCUT2D eigenvalue weighted by atomic mass is 32.1. The summed E-state index contributed by atoms with van der Waals surface area (Å²) in [5.74, 6) is -0.148. The van der Waals surface area contributed by atoms with Crippen molar-refractivity contribution in [2.45, 2.75) is 19.9 Å². The third kappa shape index (κ3) is 4.68. The largest absolute Gasteiger partial charge is 0.352 e. The van der Waals surface area contributed by atoms with Gasteiger partial charge in [0, 0.05) is 24.0 Å². The van der Waals surface area contributed by atoms with E-state index in [-0.39, 0.29) is 11.8 Å². The lowest BCUT2D eigenvalue weighted by Crippen LogP contribution is -2.25. The summed E-state index contributed by atoms with van der Waals surface area (Å²) in [7, 11) is 0. The van der Waals surface area contributed by atoms with E-state index in [1.165, 1.54) is 11.3 Å². The second-order valence-electron chi connectivity index (χ2n) is 4.49. The van der Waals surface area contributed by atoms with Crippen molar-refractivity contribution in [2.24, 2.45) is 0 Å². The molecule has 0 atom stereocenters. The van der Waals surface area contributed by atoms with Crippen LogP contribution in [0.2, 0.25) is 0 Å². The molecule has 0 unspecified atom stereocenters. The molecule has 2 amide bonds. The Bertz CT molecular complexity index is 594. The summed E-state index contributed by atoms with van der Waals surface area (Å²) in [5, 5.41) is 7.44. The average Bonchev–Trinajstić information content (AvgIpc) is 2.99. The van der Waals surface area contributed by atoms with E-state index < -0.39 is 0 Å². The molecule has 110 valence electrons. The van der Waals surface area contributed by atoms with Crippen molar-refractivity contribution < 1.29 is 9.59 Å². The topological polar surface area (TPSA) is 71.1 Å². The molecule has 0 aliphatic rings. The molecule has 2 rings (SSSR count). The molecule has 0 saturated heterocycles. The number of thiazole rings is 1. The molecule has 0 bridgehead atoms. The molecule has 21 heavy (non-hydrogen) atoms. The maximum Gasteiger partial charge on any atom is 0.251 e. The molecule has 0 radical (unpaired) electrons. The first-order chi connectivity index (χ1) is 10.2. The third-order valence-electron chi connectivity index (χ3n) is 2.87. The number of benzene rings is 1. The van der Waals surface area contributed by atoms with E-state index in [0.29, 0.717) is 25.1 Å². The fourth-order valence-corrected chi connectivity index (χ4v) is 2.35. The van der Waals surface area contributed by atoms with Crippen LogP contribution < -0.4 is 10.6 Å². The molecule has 2 aromatic rings. The van der Waals surface area contributed by atoms with Crippen molar-refractivity contribution in [3.63, 3.8) is 0 Å². The lowest BCUT2D eigenvalue weighted by Gasteiger charge is -2.06. The van der Waals surface area contributed by atoms with Gasteiger partial charge in [0.1, 0.15) is 0 Å². The van der Waals surface area contributed by atoms with Gasteiger partial charge in [0.05, 0.1) is 17.6 Å². The van der Waals surface area contributed by atoms with Gasteiger partial charge in [-0.2, -0.15) is 0 Å². The minimum atomic E-state index is -0.0865. The van der Waals surface area contributed by atoms with Crippen LogP contribution in [0.1, 0.15) is 28.5 Å². The highest BCUT2D eigenvalue weighted by Gasteiger charge is 2.06. The monoisotopic (exact) mass is 303 g/mol. The third-order valence-corrected chi connectivity index (χ3v) is 3.50. The standard InChI is InChI=1S/C15H17N3O2S/c1-2-16-15(20)12-5-3-11(4-6-12)8-17-14(19)7-13-9-21-10-18-13/h3-6,9-10H,2,7-8H2,1H3,(H,16,20)(H,17,19). The van der Waals surface area contributed by atoms with E-state index in [1.807, 2.05) is 24.4 Å². The summed E-state index contributed by atoms with van der Waals surface area (Å²) in [4.78, 5) is 27.4. The van der Waals surface area contributed by atoms with Crippen molar-refractivity contribution in [2.75, 3.05) is 6.54 Å². The zero-order chi connectivity index (χ0) is 15.1. The van der Waals surface area contributed by atoms with Gasteiger partial charge < -0.3 is 10.6 Å². The minimum absolute atomic E-state index is 0.0614. The van der Waals surface area contributed by atoms with Gasteiger partial charge in [-0.3, -0.25) is 9.59 Å². The number of amides is 2. The highest BCUT2D eigenvalue weighted by Crippen LogP contribution is 2.05. The molecule has 1 aromatic heterocycles. The Morgan fingerprint density at radius 1 is 1.19 bits per heavy atom. The maximum atomic E-state index is 11.7.